The van der Waals surface area contributed by atoms with Crippen molar-refractivity contribution in [2.45, 2.75) is 0 Å². The average molecular weight is 484 g/mol. The van der Waals surface area contributed by atoms with Gasteiger partial charge in [0.1, 0.15) is 0 Å². The van der Waals surface area contributed by atoms with Crippen LogP contribution in [-0.4, -0.2) is 18.3 Å². The molecule has 33 heavy (non-hydrogen) atoms. The van der Waals surface area contributed by atoms with Crippen LogP contribution >= 0.6 is 0 Å². The minimum absolute atomic E-state index is 0.964. The Morgan fingerprint density at radius 3 is 1.33 bits per heavy atom. The Hall–Kier alpha value is -3.69. The van der Waals surface area contributed by atoms with Gasteiger partial charge in [0.2, 0.25) is 0 Å². The minimum atomic E-state index is -3.16. The van der Waals surface area contributed by atoms with Crippen molar-refractivity contribution >= 4 is 43.0 Å². The van der Waals surface area contributed by atoms with E-state index < -0.39 is 13.3 Å². The normalized spacial score (nSPS) is 11.5. The molecule has 0 radical (unpaired) electrons. The summed E-state index contributed by atoms with van der Waals surface area (Å²) in [5.74, 6) is 0. The number of rotatable bonds is 6. The molecule has 0 saturated carbocycles. The molecule has 0 aliphatic rings. The van der Waals surface area contributed by atoms with Crippen LogP contribution in [0, 0.1) is 0 Å². The van der Waals surface area contributed by atoms with Crippen LogP contribution in [0.25, 0.3) is 12.2 Å². The Morgan fingerprint density at radius 1 is 0.424 bits per heavy atom. The van der Waals surface area contributed by atoms with Crippen LogP contribution in [0.5, 0.6) is 0 Å². The van der Waals surface area contributed by atoms with Crippen LogP contribution < -0.4 is 17.6 Å². The molecule has 0 atom stereocenters. The maximum atomic E-state index is 4.39. The van der Waals surface area contributed by atoms with Gasteiger partial charge >= 0.3 is 199 Å². The van der Waals surface area contributed by atoms with Gasteiger partial charge in [-0.15, -0.1) is 0 Å². The summed E-state index contributed by atoms with van der Waals surface area (Å²) in [6, 6.07) is 48.4. The van der Waals surface area contributed by atoms with Gasteiger partial charge in [0.05, 0.1) is 0 Å². The number of benzene rings is 4. The topological polar surface area (TPSA) is 12.9 Å². The molecule has 0 aliphatic heterocycles. The first-order valence-corrected chi connectivity index (χ1v) is 15.4. The van der Waals surface area contributed by atoms with E-state index in [1.165, 1.54) is 23.1 Å². The van der Waals surface area contributed by atoms with Crippen molar-refractivity contribution in [2.75, 3.05) is 0 Å². The van der Waals surface area contributed by atoms with E-state index in [1.807, 2.05) is 24.4 Å². The van der Waals surface area contributed by atoms with Crippen molar-refractivity contribution in [1.29, 1.82) is 0 Å². The molecular formula is C31H25GeN. The zero-order valence-corrected chi connectivity index (χ0v) is 20.5. The number of hydrogen-bond acceptors (Lipinski definition) is 1. The first kappa shape index (κ1) is 21.2. The molecule has 0 fully saturated rings. The molecule has 158 valence electrons. The van der Waals surface area contributed by atoms with E-state index in [1.54, 1.807) is 0 Å². The molecule has 0 unspecified atom stereocenters. The third-order valence-corrected chi connectivity index (χ3v) is 16.2. The van der Waals surface area contributed by atoms with E-state index in [-0.39, 0.29) is 0 Å². The number of nitrogens with zero attached hydrogens (tertiary/aromatic N) is 1. The van der Waals surface area contributed by atoms with Gasteiger partial charge in [0, 0.05) is 0 Å². The second kappa shape index (κ2) is 9.85. The van der Waals surface area contributed by atoms with E-state index in [2.05, 4.69) is 132 Å². The van der Waals surface area contributed by atoms with Crippen molar-refractivity contribution < 1.29 is 0 Å². The van der Waals surface area contributed by atoms with E-state index >= 15 is 0 Å². The Labute approximate surface area is 198 Å². The number of aromatic nitrogens is 1. The summed E-state index contributed by atoms with van der Waals surface area (Å²) in [6.45, 7) is 0. The Kier molecular flexibility index (Phi) is 6.32. The van der Waals surface area contributed by atoms with Gasteiger partial charge in [0.25, 0.3) is 0 Å². The van der Waals surface area contributed by atoms with Crippen molar-refractivity contribution in [3.05, 3.63) is 151 Å². The molecule has 0 aliphatic carbocycles. The quantitative estimate of drug-likeness (QED) is 0.321. The molecule has 0 amide bonds. The van der Waals surface area contributed by atoms with Gasteiger partial charge in [-0.05, 0) is 0 Å². The van der Waals surface area contributed by atoms with Crippen molar-refractivity contribution in [3.63, 3.8) is 0 Å². The second-order valence-electron chi connectivity index (χ2n) is 8.06. The number of pyridine rings is 1. The molecule has 2 heteroatoms. The summed E-state index contributed by atoms with van der Waals surface area (Å²) in [7, 11) is 0. The average Bonchev–Trinajstić information content (AvgIpc) is 2.91. The predicted octanol–water partition coefficient (Wildman–Crippen LogP) is 4.63. The SMILES string of the molecule is C(=C\c1ccccn1)/c1cc[c]([Ge]([c]2ccccc2)([c]2ccccc2)[c]2ccccc2)cc1. The van der Waals surface area contributed by atoms with Gasteiger partial charge in [0.15, 0.2) is 0 Å². The van der Waals surface area contributed by atoms with Crippen molar-refractivity contribution in [1.82, 2.24) is 4.98 Å². The fourth-order valence-corrected chi connectivity index (χ4v) is 14.5. The van der Waals surface area contributed by atoms with Crippen LogP contribution in [0.15, 0.2) is 140 Å². The Bertz CT molecular complexity index is 1220. The molecule has 1 nitrogen and oxygen atoms in total. The molecule has 0 spiro atoms. The summed E-state index contributed by atoms with van der Waals surface area (Å²) >= 11 is -3.16. The van der Waals surface area contributed by atoms with Gasteiger partial charge in [-0.1, -0.05) is 0 Å². The standard InChI is InChI=1S/C31H25GeN/c1-4-12-27(13-5-1)32(28-14-6-2-7-15-28,29-16-8-3-9-17-29)30-22-19-26(20-23-30)21-24-31-18-10-11-25-33-31/h1-25H/b24-21+. The number of hydrogen-bond donors (Lipinski definition) is 0. The first-order valence-electron chi connectivity index (χ1n) is 11.2. The van der Waals surface area contributed by atoms with E-state index in [0.717, 1.165) is 5.69 Å². The summed E-state index contributed by atoms with van der Waals surface area (Å²) < 4.78 is 5.73. The van der Waals surface area contributed by atoms with Crippen LogP contribution in [0.1, 0.15) is 11.3 Å². The van der Waals surface area contributed by atoms with Gasteiger partial charge in [-0.2, -0.15) is 0 Å². The fraction of sp³-hybridized carbons (Fsp3) is 0. The first-order chi connectivity index (χ1) is 16.4. The zero-order chi connectivity index (χ0) is 22.3. The molecule has 1 heterocycles. The monoisotopic (exact) mass is 485 g/mol. The van der Waals surface area contributed by atoms with Crippen LogP contribution in [0.2, 0.25) is 0 Å². The zero-order valence-electron chi connectivity index (χ0n) is 18.4. The molecule has 0 bridgehead atoms. The summed E-state index contributed by atoms with van der Waals surface area (Å²) in [5, 5.41) is 0. The molecule has 5 rings (SSSR count). The molecule has 0 saturated heterocycles. The predicted molar refractivity (Wildman–Crippen MR) is 143 cm³/mol. The molecular weight excluding hydrogens is 459 g/mol. The van der Waals surface area contributed by atoms with E-state index in [9.17, 15) is 0 Å². The third-order valence-electron chi connectivity index (χ3n) is 6.10. The fourth-order valence-electron chi connectivity index (χ4n) is 4.56. The Morgan fingerprint density at radius 2 is 0.879 bits per heavy atom. The maximum absolute atomic E-state index is 4.39. The van der Waals surface area contributed by atoms with Gasteiger partial charge < -0.3 is 0 Å². The second-order valence-corrected chi connectivity index (χ2v) is 16.1. The summed E-state index contributed by atoms with van der Waals surface area (Å²) in [5.41, 5.74) is 2.14. The van der Waals surface area contributed by atoms with Gasteiger partial charge in [-0.3, -0.25) is 0 Å². The molecule has 1 aromatic heterocycles. The van der Waals surface area contributed by atoms with Crippen molar-refractivity contribution in [3.8, 4) is 0 Å². The van der Waals surface area contributed by atoms with Crippen molar-refractivity contribution in [2.24, 2.45) is 0 Å². The Balaban J connectivity index is 1.67. The third kappa shape index (κ3) is 4.33. The molecule has 0 N–H and O–H groups in total. The van der Waals surface area contributed by atoms with E-state index in [4.69, 9.17) is 0 Å². The summed E-state index contributed by atoms with van der Waals surface area (Å²) in [6.07, 6.45) is 6.02. The van der Waals surface area contributed by atoms with Crippen LogP contribution in [0.4, 0.5) is 0 Å². The molecule has 5 aromatic rings. The molecule has 4 aromatic carbocycles. The van der Waals surface area contributed by atoms with Crippen LogP contribution in [-0.2, 0) is 0 Å². The van der Waals surface area contributed by atoms with Crippen LogP contribution in [0.3, 0.4) is 0 Å². The summed E-state index contributed by atoms with van der Waals surface area (Å²) in [4.78, 5) is 4.39. The van der Waals surface area contributed by atoms with Gasteiger partial charge in [-0.25, -0.2) is 0 Å². The van der Waals surface area contributed by atoms with E-state index in [0.29, 0.717) is 0 Å².